The molecule has 7 heteroatoms. The molecule has 0 aliphatic carbocycles. The molecule has 102 valence electrons. The lowest BCUT2D eigenvalue weighted by Crippen LogP contribution is -2.58. The van der Waals surface area contributed by atoms with Crippen LogP contribution in [0.3, 0.4) is 0 Å². The molecular weight excluding hydrogens is 254 g/mol. The molecule has 2 saturated heterocycles. The Labute approximate surface area is 111 Å². The number of amides is 2. The van der Waals surface area contributed by atoms with Gasteiger partial charge in [0, 0.05) is 44.2 Å². The van der Waals surface area contributed by atoms with Crippen LogP contribution in [0.15, 0.2) is 0 Å². The highest BCUT2D eigenvalue weighted by atomic mass is 32.2. The number of hydrogen-bond acceptors (Lipinski definition) is 4. The van der Waals surface area contributed by atoms with E-state index in [-0.39, 0.29) is 6.03 Å². The number of likely N-dealkylation sites (N-methyl/N-ethyl adjacent to an activating group) is 1. The summed E-state index contributed by atoms with van der Waals surface area (Å²) in [6.45, 7) is 3.61. The van der Waals surface area contributed by atoms with Crippen molar-refractivity contribution < 1.29 is 14.7 Å². The minimum Gasteiger partial charge on any atom is -0.480 e. The van der Waals surface area contributed by atoms with Gasteiger partial charge in [-0.1, -0.05) is 0 Å². The van der Waals surface area contributed by atoms with Gasteiger partial charge in [-0.3, -0.25) is 0 Å². The van der Waals surface area contributed by atoms with E-state index in [4.69, 9.17) is 5.11 Å². The summed E-state index contributed by atoms with van der Waals surface area (Å²) in [6, 6.07) is -0.785. The maximum atomic E-state index is 12.3. The van der Waals surface area contributed by atoms with E-state index in [1.54, 1.807) is 16.7 Å². The van der Waals surface area contributed by atoms with E-state index in [1.807, 2.05) is 7.05 Å². The Morgan fingerprint density at radius 2 is 1.83 bits per heavy atom. The van der Waals surface area contributed by atoms with Crippen LogP contribution in [-0.2, 0) is 4.79 Å². The summed E-state index contributed by atoms with van der Waals surface area (Å²) >= 11 is 1.60. The highest BCUT2D eigenvalue weighted by molar-refractivity contribution is 7.99. The Morgan fingerprint density at radius 3 is 2.44 bits per heavy atom. The fourth-order valence-electron chi connectivity index (χ4n) is 2.22. The third-order valence-electron chi connectivity index (χ3n) is 3.43. The minimum atomic E-state index is -0.898. The van der Waals surface area contributed by atoms with Crippen LogP contribution in [0.1, 0.15) is 0 Å². The number of thioether (sulfide) groups is 1. The van der Waals surface area contributed by atoms with Crippen LogP contribution >= 0.6 is 11.8 Å². The van der Waals surface area contributed by atoms with Gasteiger partial charge in [0.2, 0.25) is 0 Å². The van der Waals surface area contributed by atoms with Gasteiger partial charge in [0.05, 0.1) is 0 Å². The van der Waals surface area contributed by atoms with E-state index < -0.39 is 12.0 Å². The fraction of sp³-hybridized carbons (Fsp3) is 0.818. The van der Waals surface area contributed by atoms with E-state index in [2.05, 4.69) is 4.90 Å². The van der Waals surface area contributed by atoms with Crippen molar-refractivity contribution in [3.63, 3.8) is 0 Å². The zero-order valence-corrected chi connectivity index (χ0v) is 11.4. The molecule has 1 atom stereocenters. The van der Waals surface area contributed by atoms with Gasteiger partial charge < -0.3 is 19.8 Å². The molecular formula is C11H19N3O3S. The van der Waals surface area contributed by atoms with Gasteiger partial charge >= 0.3 is 12.0 Å². The molecule has 0 aromatic rings. The molecule has 0 saturated carbocycles. The largest absolute Gasteiger partial charge is 0.480 e. The van der Waals surface area contributed by atoms with Crippen LogP contribution in [-0.4, -0.2) is 89.1 Å². The molecule has 6 nitrogen and oxygen atoms in total. The van der Waals surface area contributed by atoms with Gasteiger partial charge in [0.25, 0.3) is 0 Å². The average molecular weight is 273 g/mol. The predicted octanol–water partition coefficient (Wildman–Crippen LogP) is -0.144. The number of rotatable bonds is 1. The number of aliphatic carboxylic acids is 1. The van der Waals surface area contributed by atoms with E-state index >= 15 is 0 Å². The highest BCUT2D eigenvalue weighted by Crippen LogP contribution is 2.19. The number of carboxylic acid groups (broad SMARTS) is 1. The first-order valence-electron chi connectivity index (χ1n) is 6.14. The maximum absolute atomic E-state index is 12.3. The smallest absolute Gasteiger partial charge is 0.327 e. The van der Waals surface area contributed by atoms with Crippen molar-refractivity contribution in [2.24, 2.45) is 0 Å². The summed E-state index contributed by atoms with van der Waals surface area (Å²) in [5.41, 5.74) is 0. The standard InChI is InChI=1S/C11H19N3O3S/c1-12-2-4-13(5-3-12)11(17)14-6-7-18-8-9(14)10(15)16/h9H,2-8H2,1H3,(H,15,16). The van der Waals surface area contributed by atoms with Gasteiger partial charge in [0.1, 0.15) is 6.04 Å². The van der Waals surface area contributed by atoms with Gasteiger partial charge in [0.15, 0.2) is 0 Å². The average Bonchev–Trinajstić information content (AvgIpc) is 2.39. The van der Waals surface area contributed by atoms with Crippen molar-refractivity contribution in [3.8, 4) is 0 Å². The van der Waals surface area contributed by atoms with Gasteiger partial charge in [-0.15, -0.1) is 0 Å². The first-order chi connectivity index (χ1) is 8.59. The van der Waals surface area contributed by atoms with Crippen molar-refractivity contribution in [2.45, 2.75) is 6.04 Å². The number of hydrogen-bond donors (Lipinski definition) is 1. The Morgan fingerprint density at radius 1 is 1.17 bits per heavy atom. The van der Waals surface area contributed by atoms with Crippen LogP contribution in [0.5, 0.6) is 0 Å². The monoisotopic (exact) mass is 273 g/mol. The lowest BCUT2D eigenvalue weighted by Gasteiger charge is -2.39. The third-order valence-corrected chi connectivity index (χ3v) is 4.46. The second-order valence-corrected chi connectivity index (χ2v) is 5.85. The molecule has 2 fully saturated rings. The normalized spacial score (nSPS) is 26.2. The predicted molar refractivity (Wildman–Crippen MR) is 69.9 cm³/mol. The van der Waals surface area contributed by atoms with Gasteiger partial charge in [-0.25, -0.2) is 9.59 Å². The van der Waals surface area contributed by atoms with Crippen LogP contribution in [0, 0.1) is 0 Å². The van der Waals surface area contributed by atoms with Crippen LogP contribution in [0.25, 0.3) is 0 Å². The minimum absolute atomic E-state index is 0.115. The van der Waals surface area contributed by atoms with Crippen LogP contribution < -0.4 is 0 Å². The molecule has 2 aliphatic heterocycles. The molecule has 0 bridgehead atoms. The first kappa shape index (κ1) is 13.5. The van der Waals surface area contributed by atoms with Gasteiger partial charge in [-0.05, 0) is 7.05 Å². The quantitative estimate of drug-likeness (QED) is 0.720. The molecule has 0 spiro atoms. The molecule has 2 amide bonds. The van der Waals surface area contributed by atoms with E-state index in [1.165, 1.54) is 4.90 Å². The third kappa shape index (κ3) is 2.89. The molecule has 1 unspecified atom stereocenters. The van der Waals surface area contributed by atoms with Crippen LogP contribution in [0.4, 0.5) is 4.79 Å². The Hall–Kier alpha value is -0.950. The Balaban J connectivity index is 2.00. The summed E-state index contributed by atoms with van der Waals surface area (Å²) in [6.07, 6.45) is 0. The molecule has 0 aromatic heterocycles. The first-order valence-corrected chi connectivity index (χ1v) is 7.29. The van der Waals surface area contributed by atoms with Crippen molar-refractivity contribution in [3.05, 3.63) is 0 Å². The molecule has 18 heavy (non-hydrogen) atoms. The molecule has 2 aliphatic rings. The molecule has 2 rings (SSSR count). The molecule has 2 heterocycles. The second kappa shape index (κ2) is 5.79. The number of urea groups is 1. The number of carbonyl (C=O) groups is 2. The number of carboxylic acids is 1. The van der Waals surface area contributed by atoms with Crippen molar-refractivity contribution in [1.82, 2.24) is 14.7 Å². The molecule has 0 radical (unpaired) electrons. The molecule has 0 aromatic carbocycles. The number of carbonyl (C=O) groups excluding carboxylic acids is 1. The van der Waals surface area contributed by atoms with Crippen molar-refractivity contribution in [2.75, 3.05) is 51.3 Å². The summed E-state index contributed by atoms with van der Waals surface area (Å²) in [5.74, 6) is 0.419. The van der Waals surface area contributed by atoms with Crippen molar-refractivity contribution in [1.29, 1.82) is 0 Å². The topological polar surface area (TPSA) is 64.1 Å². The summed E-state index contributed by atoms with van der Waals surface area (Å²) in [5, 5.41) is 9.16. The van der Waals surface area contributed by atoms with Crippen LogP contribution in [0.2, 0.25) is 0 Å². The van der Waals surface area contributed by atoms with Gasteiger partial charge in [-0.2, -0.15) is 11.8 Å². The maximum Gasteiger partial charge on any atom is 0.327 e. The summed E-state index contributed by atoms with van der Waals surface area (Å²) < 4.78 is 0. The Bertz CT molecular complexity index is 331. The summed E-state index contributed by atoms with van der Waals surface area (Å²) in [7, 11) is 2.03. The highest BCUT2D eigenvalue weighted by Gasteiger charge is 2.35. The number of nitrogens with zero attached hydrogens (tertiary/aromatic N) is 3. The Kier molecular flexibility index (Phi) is 4.34. The zero-order chi connectivity index (χ0) is 13.1. The lowest BCUT2D eigenvalue weighted by molar-refractivity contribution is -0.141. The van der Waals surface area contributed by atoms with E-state index in [0.29, 0.717) is 25.4 Å². The van der Waals surface area contributed by atoms with E-state index in [0.717, 1.165) is 18.8 Å². The molecule has 1 N–H and O–H groups in total. The van der Waals surface area contributed by atoms with E-state index in [9.17, 15) is 9.59 Å². The SMILES string of the molecule is CN1CCN(C(=O)N2CCSCC2C(=O)O)CC1. The summed E-state index contributed by atoms with van der Waals surface area (Å²) in [4.78, 5) is 29.0. The lowest BCUT2D eigenvalue weighted by atomic mass is 10.2. The zero-order valence-electron chi connectivity index (χ0n) is 10.5. The fourth-order valence-corrected chi connectivity index (χ4v) is 3.25. The number of piperazine rings is 1. The second-order valence-electron chi connectivity index (χ2n) is 4.70. The van der Waals surface area contributed by atoms with Crippen molar-refractivity contribution >= 4 is 23.8 Å².